The molecule has 104 valence electrons. The summed E-state index contributed by atoms with van der Waals surface area (Å²) in [5.41, 5.74) is 0. The van der Waals surface area contributed by atoms with Crippen molar-refractivity contribution < 1.29 is 24.2 Å². The minimum atomic E-state index is -1.04. The molecule has 0 saturated carbocycles. The second-order valence-corrected chi connectivity index (χ2v) is 4.21. The maximum absolute atomic E-state index is 11.7. The first-order chi connectivity index (χ1) is 8.54. The first-order valence-electron chi connectivity index (χ1n) is 5.92. The van der Waals surface area contributed by atoms with Gasteiger partial charge in [-0.2, -0.15) is 0 Å². The monoisotopic (exact) mass is 260 g/mol. The minimum absolute atomic E-state index is 0.146. The molecule has 7 nitrogen and oxygen atoms in total. The van der Waals surface area contributed by atoms with Crippen LogP contribution in [0.4, 0.5) is 0 Å². The molecule has 18 heavy (non-hydrogen) atoms. The Balaban J connectivity index is 2.42. The molecule has 0 radical (unpaired) electrons. The number of hydrogen-bond donors (Lipinski definition) is 3. The Morgan fingerprint density at radius 3 is 2.83 bits per heavy atom. The van der Waals surface area contributed by atoms with Gasteiger partial charge in [0.05, 0.1) is 32.3 Å². The van der Waals surface area contributed by atoms with Crippen LogP contribution in [0.15, 0.2) is 0 Å². The molecule has 0 aromatic heterocycles. The Hall–Kier alpha value is -1.18. The van der Waals surface area contributed by atoms with Gasteiger partial charge in [0, 0.05) is 13.1 Å². The van der Waals surface area contributed by atoms with E-state index in [2.05, 4.69) is 15.4 Å². The number of carbonyl (C=O) groups is 2. The number of aliphatic hydroxyl groups excluding tert-OH is 1. The highest BCUT2D eigenvalue weighted by atomic mass is 16.5. The molecule has 1 unspecified atom stereocenters. The van der Waals surface area contributed by atoms with Crippen molar-refractivity contribution in [3.8, 4) is 0 Å². The highest BCUT2D eigenvalue weighted by Crippen LogP contribution is 2.03. The van der Waals surface area contributed by atoms with Crippen LogP contribution in [-0.4, -0.2) is 62.0 Å². The van der Waals surface area contributed by atoms with Crippen LogP contribution in [0.5, 0.6) is 0 Å². The second kappa shape index (κ2) is 7.30. The average molecular weight is 260 g/mol. The normalized spacial score (nSPS) is 22.9. The zero-order valence-corrected chi connectivity index (χ0v) is 10.6. The summed E-state index contributed by atoms with van der Waals surface area (Å²) in [6.45, 7) is 3.36. The summed E-state index contributed by atoms with van der Waals surface area (Å²) in [7, 11) is 1.21. The number of morpholine rings is 1. The summed E-state index contributed by atoms with van der Waals surface area (Å²) in [5, 5.41) is 15.0. The third-order valence-corrected chi connectivity index (χ3v) is 2.67. The van der Waals surface area contributed by atoms with Gasteiger partial charge in [0.25, 0.3) is 0 Å². The number of ether oxygens (including phenoxy) is 2. The summed E-state index contributed by atoms with van der Waals surface area (Å²) in [5.74, 6) is -1.01. The van der Waals surface area contributed by atoms with E-state index in [0.29, 0.717) is 13.2 Å². The number of nitrogens with one attached hydrogen (secondary N) is 2. The Morgan fingerprint density at radius 2 is 2.33 bits per heavy atom. The van der Waals surface area contributed by atoms with Crippen LogP contribution in [0.3, 0.4) is 0 Å². The molecular weight excluding hydrogens is 240 g/mol. The van der Waals surface area contributed by atoms with Crippen LogP contribution in [0.1, 0.15) is 13.3 Å². The smallest absolute Gasteiger partial charge is 0.331 e. The van der Waals surface area contributed by atoms with Crippen LogP contribution in [-0.2, 0) is 19.1 Å². The molecule has 7 heteroatoms. The van der Waals surface area contributed by atoms with Crippen LogP contribution in [0.25, 0.3) is 0 Å². The molecule has 1 aliphatic rings. The predicted molar refractivity (Wildman–Crippen MR) is 62.9 cm³/mol. The van der Waals surface area contributed by atoms with E-state index in [1.165, 1.54) is 14.0 Å². The van der Waals surface area contributed by atoms with Gasteiger partial charge >= 0.3 is 5.97 Å². The number of carbonyl (C=O) groups excluding carboxylic acids is 2. The van der Waals surface area contributed by atoms with Gasteiger partial charge in [-0.3, -0.25) is 4.79 Å². The van der Waals surface area contributed by atoms with Crippen molar-refractivity contribution in [3.63, 3.8) is 0 Å². The van der Waals surface area contributed by atoms with E-state index < -0.39 is 18.1 Å². The Kier molecular flexibility index (Phi) is 6.03. The van der Waals surface area contributed by atoms with Gasteiger partial charge in [0.1, 0.15) is 0 Å². The van der Waals surface area contributed by atoms with E-state index in [-0.39, 0.29) is 18.4 Å². The number of amides is 1. The molecule has 0 aromatic rings. The fourth-order valence-corrected chi connectivity index (χ4v) is 1.69. The minimum Gasteiger partial charge on any atom is -0.467 e. The van der Waals surface area contributed by atoms with Crippen LogP contribution < -0.4 is 10.6 Å². The summed E-state index contributed by atoms with van der Waals surface area (Å²) >= 11 is 0. The first-order valence-corrected chi connectivity index (χ1v) is 5.92. The third-order valence-electron chi connectivity index (χ3n) is 2.67. The molecule has 1 aliphatic heterocycles. The molecule has 1 saturated heterocycles. The molecular formula is C11H20N2O5. The molecule has 0 spiro atoms. The number of rotatable bonds is 5. The summed E-state index contributed by atoms with van der Waals surface area (Å²) in [4.78, 5) is 23.0. The molecule has 1 rings (SSSR count). The second-order valence-electron chi connectivity index (χ2n) is 4.21. The van der Waals surface area contributed by atoms with Crippen molar-refractivity contribution in [1.29, 1.82) is 0 Å². The zero-order chi connectivity index (χ0) is 13.5. The standard InChI is InChI=1S/C11H20N2O5/c1-7(14)10(11(16)17-2)13-9(15)5-8-6-12-3-4-18-8/h7-8,10,12,14H,3-6H2,1-2H3,(H,13,15)/t7-,8?,10+/m1/s1. The van der Waals surface area contributed by atoms with E-state index >= 15 is 0 Å². The summed E-state index contributed by atoms with van der Waals surface area (Å²) in [6.07, 6.45) is -1.06. The quantitative estimate of drug-likeness (QED) is 0.515. The SMILES string of the molecule is COC(=O)[C@@H](NC(=O)CC1CNCCO1)[C@@H](C)O. The Morgan fingerprint density at radius 1 is 1.61 bits per heavy atom. The van der Waals surface area contributed by atoms with Crippen LogP contribution >= 0.6 is 0 Å². The molecule has 0 aliphatic carbocycles. The van der Waals surface area contributed by atoms with E-state index in [9.17, 15) is 14.7 Å². The van der Waals surface area contributed by atoms with Crippen molar-refractivity contribution in [1.82, 2.24) is 10.6 Å². The Bertz CT molecular complexity index is 289. The lowest BCUT2D eigenvalue weighted by Gasteiger charge is -2.24. The van der Waals surface area contributed by atoms with E-state index in [0.717, 1.165) is 6.54 Å². The lowest BCUT2D eigenvalue weighted by molar-refractivity contribution is -0.148. The number of methoxy groups -OCH3 is 1. The van der Waals surface area contributed by atoms with Crippen molar-refractivity contribution in [2.24, 2.45) is 0 Å². The first kappa shape index (κ1) is 14.9. The highest BCUT2D eigenvalue weighted by Gasteiger charge is 2.27. The van der Waals surface area contributed by atoms with Crippen molar-refractivity contribution in [3.05, 3.63) is 0 Å². The fourth-order valence-electron chi connectivity index (χ4n) is 1.69. The number of esters is 1. The fraction of sp³-hybridized carbons (Fsp3) is 0.818. The zero-order valence-electron chi connectivity index (χ0n) is 10.6. The summed E-state index contributed by atoms with van der Waals surface area (Å²) in [6, 6.07) is -1.04. The lowest BCUT2D eigenvalue weighted by atomic mass is 10.1. The van der Waals surface area contributed by atoms with E-state index in [1.54, 1.807) is 0 Å². The van der Waals surface area contributed by atoms with Gasteiger partial charge in [-0.25, -0.2) is 4.79 Å². The van der Waals surface area contributed by atoms with Crippen molar-refractivity contribution in [2.45, 2.75) is 31.6 Å². The summed E-state index contributed by atoms with van der Waals surface area (Å²) < 4.78 is 9.88. The van der Waals surface area contributed by atoms with Crippen molar-refractivity contribution in [2.75, 3.05) is 26.8 Å². The molecule has 1 heterocycles. The molecule has 1 fully saturated rings. The van der Waals surface area contributed by atoms with E-state index in [4.69, 9.17) is 4.74 Å². The van der Waals surface area contributed by atoms with Gasteiger partial charge in [-0.15, -0.1) is 0 Å². The molecule has 0 bridgehead atoms. The van der Waals surface area contributed by atoms with Crippen LogP contribution in [0.2, 0.25) is 0 Å². The van der Waals surface area contributed by atoms with Gasteiger partial charge < -0.3 is 25.2 Å². The maximum atomic E-state index is 11.7. The van der Waals surface area contributed by atoms with Crippen LogP contribution in [0, 0.1) is 0 Å². The molecule has 3 N–H and O–H groups in total. The van der Waals surface area contributed by atoms with Gasteiger partial charge in [-0.05, 0) is 6.92 Å². The van der Waals surface area contributed by atoms with Gasteiger partial charge in [0.2, 0.25) is 5.91 Å². The third kappa shape index (κ3) is 4.59. The highest BCUT2D eigenvalue weighted by molar-refractivity contribution is 5.85. The molecule has 3 atom stereocenters. The van der Waals surface area contributed by atoms with Gasteiger partial charge in [0.15, 0.2) is 6.04 Å². The number of hydrogen-bond acceptors (Lipinski definition) is 6. The topological polar surface area (TPSA) is 96.9 Å². The largest absolute Gasteiger partial charge is 0.467 e. The average Bonchev–Trinajstić information content (AvgIpc) is 2.36. The molecule has 0 aromatic carbocycles. The lowest BCUT2D eigenvalue weighted by Crippen LogP contribution is -2.50. The Labute approximate surface area is 106 Å². The van der Waals surface area contributed by atoms with Crippen molar-refractivity contribution >= 4 is 11.9 Å². The predicted octanol–water partition coefficient (Wildman–Crippen LogP) is -1.60. The van der Waals surface area contributed by atoms with Gasteiger partial charge in [-0.1, -0.05) is 0 Å². The number of aliphatic hydroxyl groups is 1. The molecule has 1 amide bonds. The van der Waals surface area contributed by atoms with E-state index in [1.807, 2.05) is 0 Å². The maximum Gasteiger partial charge on any atom is 0.331 e.